The van der Waals surface area contributed by atoms with Crippen LogP contribution in [0.25, 0.3) is 0 Å². The Morgan fingerprint density at radius 2 is 1.82 bits per heavy atom. The van der Waals surface area contributed by atoms with Crippen LogP contribution in [0.15, 0.2) is 0 Å². The van der Waals surface area contributed by atoms with Crippen molar-refractivity contribution in [2.75, 3.05) is 6.26 Å². The van der Waals surface area contributed by atoms with Crippen molar-refractivity contribution in [2.45, 2.75) is 37.2 Å². The van der Waals surface area contributed by atoms with Crippen molar-refractivity contribution in [1.82, 2.24) is 0 Å². The first-order chi connectivity index (χ1) is 4.97. The average Bonchev–Trinajstić information content (AvgIpc) is 2.63. The predicted molar refractivity (Wildman–Crippen MR) is 56.6 cm³/mol. The van der Waals surface area contributed by atoms with Crippen molar-refractivity contribution < 1.29 is 0 Å². The summed E-state index contributed by atoms with van der Waals surface area (Å²) in [6, 6.07) is 0. The second kappa shape index (κ2) is 2.88. The molecule has 0 heterocycles. The highest BCUT2D eigenvalue weighted by molar-refractivity contribution is 8.00. The van der Waals surface area contributed by atoms with E-state index < -0.39 is 8.07 Å². The van der Waals surface area contributed by atoms with Gasteiger partial charge in [0.15, 0.2) is 0 Å². The van der Waals surface area contributed by atoms with Gasteiger partial charge in [0, 0.05) is 0 Å². The minimum absolute atomic E-state index is 0.389. The largest absolute Gasteiger partial charge is 0.145 e. The Bertz CT molecular complexity index is 200. The zero-order valence-corrected chi connectivity index (χ0v) is 9.64. The first-order valence-corrected chi connectivity index (χ1v) is 8.79. The van der Waals surface area contributed by atoms with Gasteiger partial charge in [-0.1, -0.05) is 25.6 Å². The van der Waals surface area contributed by atoms with Crippen LogP contribution >= 0.6 is 11.8 Å². The van der Waals surface area contributed by atoms with Crippen LogP contribution in [0.2, 0.25) is 19.6 Å². The molecule has 0 unspecified atom stereocenters. The number of hydrogen-bond acceptors (Lipinski definition) is 1. The summed E-state index contributed by atoms with van der Waals surface area (Å²) in [6.45, 7) is 6.91. The Hall–Kier alpha value is 0.127. The summed E-state index contributed by atoms with van der Waals surface area (Å²) in [5.41, 5.74) is 3.44. The van der Waals surface area contributed by atoms with Crippen molar-refractivity contribution >= 4 is 19.8 Å². The molecule has 62 valence electrons. The predicted octanol–water partition coefficient (Wildman–Crippen LogP) is 2.76. The van der Waals surface area contributed by atoms with Gasteiger partial charge in [-0.2, -0.15) is 0 Å². The molecule has 0 saturated heterocycles. The maximum atomic E-state index is 3.44. The minimum atomic E-state index is -1.12. The van der Waals surface area contributed by atoms with Gasteiger partial charge in [-0.15, -0.1) is 17.3 Å². The van der Waals surface area contributed by atoms with E-state index in [1.54, 1.807) is 0 Å². The van der Waals surface area contributed by atoms with E-state index in [2.05, 4.69) is 37.4 Å². The maximum Gasteiger partial charge on any atom is 0.129 e. The van der Waals surface area contributed by atoms with E-state index in [1.807, 2.05) is 11.8 Å². The molecule has 0 bridgehead atoms. The lowest BCUT2D eigenvalue weighted by atomic mass is 10.4. The van der Waals surface area contributed by atoms with Gasteiger partial charge in [0.05, 0.1) is 4.75 Å². The second-order valence-electron chi connectivity index (χ2n) is 4.20. The summed E-state index contributed by atoms with van der Waals surface area (Å²) in [5, 5.41) is 0. The highest BCUT2D eigenvalue weighted by atomic mass is 32.2. The first-order valence-electron chi connectivity index (χ1n) is 4.07. The standard InChI is InChI=1S/C9H16SSi/c1-10-9(5-6-9)7-8-11(2,3)4/h5-6H2,1-4H3. The van der Waals surface area contributed by atoms with Crippen molar-refractivity contribution in [1.29, 1.82) is 0 Å². The van der Waals surface area contributed by atoms with Gasteiger partial charge in [0.25, 0.3) is 0 Å². The van der Waals surface area contributed by atoms with Crippen molar-refractivity contribution in [3.05, 3.63) is 0 Å². The van der Waals surface area contributed by atoms with Gasteiger partial charge in [0.1, 0.15) is 8.07 Å². The average molecular weight is 184 g/mol. The zero-order chi connectivity index (χ0) is 8.54. The summed E-state index contributed by atoms with van der Waals surface area (Å²) in [5.74, 6) is 3.43. The third-order valence-corrected chi connectivity index (χ3v) is 3.93. The molecule has 0 radical (unpaired) electrons. The molecule has 1 aliphatic carbocycles. The molecule has 0 aromatic heterocycles. The van der Waals surface area contributed by atoms with Crippen molar-refractivity contribution in [3.8, 4) is 11.5 Å². The number of hydrogen-bond donors (Lipinski definition) is 0. The highest BCUT2D eigenvalue weighted by Gasteiger charge is 2.40. The van der Waals surface area contributed by atoms with E-state index in [-0.39, 0.29) is 0 Å². The van der Waals surface area contributed by atoms with E-state index in [4.69, 9.17) is 0 Å². The second-order valence-corrected chi connectivity index (χ2v) is 10.1. The van der Waals surface area contributed by atoms with Crippen molar-refractivity contribution in [2.24, 2.45) is 0 Å². The molecule has 0 nitrogen and oxygen atoms in total. The quantitative estimate of drug-likeness (QED) is 0.446. The highest BCUT2D eigenvalue weighted by Crippen LogP contribution is 2.46. The van der Waals surface area contributed by atoms with Gasteiger partial charge < -0.3 is 0 Å². The van der Waals surface area contributed by atoms with Gasteiger partial charge in [-0.05, 0) is 19.1 Å². The third kappa shape index (κ3) is 2.92. The van der Waals surface area contributed by atoms with E-state index in [9.17, 15) is 0 Å². The van der Waals surface area contributed by atoms with Crippen LogP contribution in [-0.4, -0.2) is 19.1 Å². The van der Waals surface area contributed by atoms with Crippen LogP contribution in [0.5, 0.6) is 0 Å². The summed E-state index contributed by atoms with van der Waals surface area (Å²) < 4.78 is 0.389. The lowest BCUT2D eigenvalue weighted by Gasteiger charge is -2.06. The fourth-order valence-electron chi connectivity index (χ4n) is 0.795. The first kappa shape index (κ1) is 9.22. The number of rotatable bonds is 1. The van der Waals surface area contributed by atoms with Crippen molar-refractivity contribution in [3.63, 3.8) is 0 Å². The lowest BCUT2D eigenvalue weighted by Crippen LogP contribution is -2.17. The van der Waals surface area contributed by atoms with Crippen LogP contribution in [0, 0.1) is 11.5 Å². The zero-order valence-electron chi connectivity index (χ0n) is 7.82. The van der Waals surface area contributed by atoms with Gasteiger partial charge >= 0.3 is 0 Å². The normalized spacial score (nSPS) is 20.4. The molecule has 11 heavy (non-hydrogen) atoms. The molecule has 0 amide bonds. The monoisotopic (exact) mass is 184 g/mol. The molecular formula is C9H16SSi. The SMILES string of the molecule is CSC1(C#C[Si](C)(C)C)CC1. The Balaban J connectivity index is 2.57. The molecule has 1 fully saturated rings. The fourth-order valence-corrected chi connectivity index (χ4v) is 2.16. The molecule has 0 atom stereocenters. The van der Waals surface area contributed by atoms with Crippen LogP contribution in [0.3, 0.4) is 0 Å². The topological polar surface area (TPSA) is 0 Å². The molecular weight excluding hydrogens is 168 g/mol. The summed E-state index contributed by atoms with van der Waals surface area (Å²) >= 11 is 1.93. The van der Waals surface area contributed by atoms with Crippen LogP contribution < -0.4 is 0 Å². The third-order valence-electron chi connectivity index (χ3n) is 1.76. The molecule has 1 saturated carbocycles. The Kier molecular flexibility index (Phi) is 2.41. The maximum absolute atomic E-state index is 3.44. The molecule has 0 aromatic carbocycles. The van der Waals surface area contributed by atoms with Gasteiger partial charge in [-0.25, -0.2) is 0 Å². The van der Waals surface area contributed by atoms with Gasteiger partial charge in [-0.3, -0.25) is 0 Å². The van der Waals surface area contributed by atoms with E-state index in [0.29, 0.717) is 4.75 Å². The molecule has 0 spiro atoms. The lowest BCUT2D eigenvalue weighted by molar-refractivity contribution is 1.26. The fraction of sp³-hybridized carbons (Fsp3) is 0.778. The van der Waals surface area contributed by atoms with Crippen LogP contribution in [-0.2, 0) is 0 Å². The van der Waals surface area contributed by atoms with Gasteiger partial charge in [0.2, 0.25) is 0 Å². The van der Waals surface area contributed by atoms with Crippen LogP contribution in [0.1, 0.15) is 12.8 Å². The van der Waals surface area contributed by atoms with Crippen LogP contribution in [0.4, 0.5) is 0 Å². The summed E-state index contributed by atoms with van der Waals surface area (Å²) in [4.78, 5) is 0. The summed E-state index contributed by atoms with van der Waals surface area (Å²) in [6.07, 6.45) is 4.79. The molecule has 0 aliphatic heterocycles. The van der Waals surface area contributed by atoms with E-state index in [0.717, 1.165) is 0 Å². The minimum Gasteiger partial charge on any atom is -0.145 e. The van der Waals surface area contributed by atoms with E-state index in [1.165, 1.54) is 12.8 Å². The molecule has 2 heteroatoms. The summed E-state index contributed by atoms with van der Waals surface area (Å²) in [7, 11) is -1.12. The Labute approximate surface area is 75.2 Å². The molecule has 1 aliphatic rings. The smallest absolute Gasteiger partial charge is 0.129 e. The number of thioether (sulfide) groups is 1. The molecule has 1 rings (SSSR count). The Morgan fingerprint density at radius 3 is 2.09 bits per heavy atom. The molecule has 0 aromatic rings. The Morgan fingerprint density at radius 1 is 1.27 bits per heavy atom. The van der Waals surface area contributed by atoms with E-state index >= 15 is 0 Å². The molecule has 0 N–H and O–H groups in total.